The number of dihydropyridines is 1. The Morgan fingerprint density at radius 1 is 1.13 bits per heavy atom. The standard InChI is InChI=1S/C13H8Cl2F3NO4/c14-9-5-12(11(20)21,19-6-10(9)15)22-7-1-3-8(4-2-7)23-13(16,17)18/h1-6,19H,(H,20,21). The van der Waals surface area contributed by atoms with Crippen molar-refractivity contribution in [2.75, 3.05) is 0 Å². The van der Waals surface area contributed by atoms with E-state index in [4.69, 9.17) is 27.9 Å². The van der Waals surface area contributed by atoms with Crippen LogP contribution in [0.3, 0.4) is 0 Å². The van der Waals surface area contributed by atoms with Crippen LogP contribution in [-0.2, 0) is 4.79 Å². The molecule has 0 aliphatic carbocycles. The molecule has 23 heavy (non-hydrogen) atoms. The van der Waals surface area contributed by atoms with Gasteiger partial charge in [-0.1, -0.05) is 23.2 Å². The topological polar surface area (TPSA) is 67.8 Å². The molecule has 1 aliphatic rings. The molecule has 0 aromatic heterocycles. The molecular formula is C13H8Cl2F3NO4. The molecule has 1 aromatic rings. The lowest BCUT2D eigenvalue weighted by Crippen LogP contribution is -2.54. The van der Waals surface area contributed by atoms with Gasteiger partial charge in [0, 0.05) is 12.3 Å². The summed E-state index contributed by atoms with van der Waals surface area (Å²) in [5.74, 6) is -1.92. The van der Waals surface area contributed by atoms with E-state index in [1.807, 2.05) is 0 Å². The number of carboxylic acids is 1. The summed E-state index contributed by atoms with van der Waals surface area (Å²) in [5, 5.41) is 11.8. The number of carboxylic acid groups (broad SMARTS) is 1. The van der Waals surface area contributed by atoms with Crippen LogP contribution in [0.2, 0.25) is 0 Å². The highest BCUT2D eigenvalue weighted by Gasteiger charge is 2.41. The third-order valence-electron chi connectivity index (χ3n) is 2.63. The fraction of sp³-hybridized carbons (Fsp3) is 0.154. The number of halogens is 5. The Balaban J connectivity index is 2.21. The van der Waals surface area contributed by atoms with Crippen molar-refractivity contribution >= 4 is 29.2 Å². The first-order valence-corrected chi connectivity index (χ1v) is 6.67. The van der Waals surface area contributed by atoms with Crippen LogP contribution in [0.15, 0.2) is 46.6 Å². The first kappa shape index (κ1) is 17.3. The van der Waals surface area contributed by atoms with Crippen LogP contribution in [0.4, 0.5) is 13.2 Å². The predicted molar refractivity (Wildman–Crippen MR) is 75.1 cm³/mol. The zero-order valence-corrected chi connectivity index (χ0v) is 12.5. The van der Waals surface area contributed by atoms with E-state index >= 15 is 0 Å². The van der Waals surface area contributed by atoms with E-state index in [1.54, 1.807) is 0 Å². The normalized spacial score (nSPS) is 20.9. The molecule has 0 radical (unpaired) electrons. The number of benzene rings is 1. The molecule has 124 valence electrons. The average molecular weight is 370 g/mol. The first-order valence-electron chi connectivity index (χ1n) is 5.92. The zero-order chi connectivity index (χ0) is 17.3. The van der Waals surface area contributed by atoms with Crippen molar-refractivity contribution in [2.24, 2.45) is 0 Å². The molecular weight excluding hydrogens is 362 g/mol. The van der Waals surface area contributed by atoms with Gasteiger partial charge in [0.2, 0.25) is 0 Å². The number of aliphatic carboxylic acids is 1. The molecule has 0 amide bonds. The summed E-state index contributed by atoms with van der Waals surface area (Å²) in [7, 11) is 0. The molecule has 2 N–H and O–H groups in total. The zero-order valence-electron chi connectivity index (χ0n) is 11.0. The van der Waals surface area contributed by atoms with Crippen LogP contribution in [0, 0.1) is 0 Å². The smallest absolute Gasteiger partial charge is 0.477 e. The summed E-state index contributed by atoms with van der Waals surface area (Å²) < 4.78 is 45.2. The van der Waals surface area contributed by atoms with Crippen molar-refractivity contribution < 1.29 is 32.5 Å². The number of alkyl halides is 3. The molecule has 1 atom stereocenters. The maximum atomic E-state index is 12.1. The Bertz CT molecular complexity index is 673. The Morgan fingerprint density at radius 2 is 1.70 bits per heavy atom. The van der Waals surface area contributed by atoms with Gasteiger partial charge in [-0.25, -0.2) is 4.79 Å². The third-order valence-corrected chi connectivity index (χ3v) is 3.35. The highest BCUT2D eigenvalue weighted by molar-refractivity contribution is 6.44. The van der Waals surface area contributed by atoms with Gasteiger partial charge >= 0.3 is 12.3 Å². The molecule has 2 rings (SSSR count). The largest absolute Gasteiger partial charge is 0.573 e. The summed E-state index contributed by atoms with van der Waals surface area (Å²) in [6.45, 7) is 0. The molecule has 0 saturated carbocycles. The van der Waals surface area contributed by atoms with Crippen molar-refractivity contribution in [1.29, 1.82) is 0 Å². The number of carbonyl (C=O) groups is 1. The van der Waals surface area contributed by atoms with Crippen molar-refractivity contribution in [1.82, 2.24) is 5.32 Å². The van der Waals surface area contributed by atoms with E-state index in [0.29, 0.717) is 0 Å². The van der Waals surface area contributed by atoms with Crippen LogP contribution < -0.4 is 14.8 Å². The van der Waals surface area contributed by atoms with E-state index in [-0.39, 0.29) is 15.8 Å². The van der Waals surface area contributed by atoms with Crippen LogP contribution in [0.5, 0.6) is 11.5 Å². The van der Waals surface area contributed by atoms with Gasteiger partial charge in [-0.3, -0.25) is 0 Å². The van der Waals surface area contributed by atoms with Crippen molar-refractivity contribution in [2.45, 2.75) is 12.1 Å². The highest BCUT2D eigenvalue weighted by atomic mass is 35.5. The van der Waals surface area contributed by atoms with Gasteiger partial charge < -0.3 is 19.9 Å². The lowest BCUT2D eigenvalue weighted by atomic mass is 10.1. The monoisotopic (exact) mass is 369 g/mol. The van der Waals surface area contributed by atoms with Crippen molar-refractivity contribution in [3.8, 4) is 11.5 Å². The van der Waals surface area contributed by atoms with Crippen LogP contribution in [0.1, 0.15) is 0 Å². The number of hydrogen-bond acceptors (Lipinski definition) is 4. The second-order valence-corrected chi connectivity index (χ2v) is 5.11. The second kappa shape index (κ2) is 6.21. The Labute approximate surface area is 137 Å². The van der Waals surface area contributed by atoms with E-state index in [0.717, 1.165) is 36.5 Å². The van der Waals surface area contributed by atoms with Gasteiger partial charge in [0.05, 0.1) is 10.1 Å². The molecule has 1 unspecified atom stereocenters. The Kier molecular flexibility index (Phi) is 4.67. The summed E-state index contributed by atoms with van der Waals surface area (Å²) in [4.78, 5) is 11.5. The van der Waals surface area contributed by atoms with Gasteiger partial charge in [-0.05, 0) is 24.3 Å². The second-order valence-electron chi connectivity index (χ2n) is 4.29. The van der Waals surface area contributed by atoms with Gasteiger partial charge in [0.15, 0.2) is 0 Å². The molecule has 10 heteroatoms. The SMILES string of the molecule is O=C(O)C1(Oc2ccc(OC(F)(F)F)cc2)C=C(Cl)C(Cl)=CN1. The highest BCUT2D eigenvalue weighted by Crippen LogP contribution is 2.30. The molecule has 0 bridgehead atoms. The fourth-order valence-electron chi connectivity index (χ4n) is 1.65. The van der Waals surface area contributed by atoms with Crippen molar-refractivity contribution in [3.05, 3.63) is 46.6 Å². The first-order chi connectivity index (χ1) is 10.6. The molecule has 0 spiro atoms. The number of hydrogen-bond donors (Lipinski definition) is 2. The van der Waals surface area contributed by atoms with Crippen LogP contribution >= 0.6 is 23.2 Å². The minimum Gasteiger partial charge on any atom is -0.477 e. The maximum absolute atomic E-state index is 12.1. The number of allylic oxidation sites excluding steroid dienone is 2. The molecule has 5 nitrogen and oxygen atoms in total. The third kappa shape index (κ3) is 4.23. The summed E-state index contributed by atoms with van der Waals surface area (Å²) in [6.07, 6.45) is -2.66. The fourth-order valence-corrected chi connectivity index (χ4v) is 1.97. The minimum atomic E-state index is -4.83. The summed E-state index contributed by atoms with van der Waals surface area (Å²) >= 11 is 11.5. The molecule has 1 aliphatic heterocycles. The predicted octanol–water partition coefficient (Wildman–Crippen LogP) is 3.55. The Hall–Kier alpha value is -2.06. The lowest BCUT2D eigenvalue weighted by Gasteiger charge is -2.30. The summed E-state index contributed by atoms with van der Waals surface area (Å²) in [5.41, 5.74) is -2.04. The van der Waals surface area contributed by atoms with Gasteiger partial charge in [-0.15, -0.1) is 13.2 Å². The average Bonchev–Trinajstić information content (AvgIpc) is 2.43. The van der Waals surface area contributed by atoms with Crippen molar-refractivity contribution in [3.63, 3.8) is 0 Å². The quantitative estimate of drug-likeness (QED) is 0.849. The van der Waals surface area contributed by atoms with E-state index < -0.39 is 23.8 Å². The number of ether oxygens (including phenoxy) is 2. The van der Waals surface area contributed by atoms with Gasteiger partial charge in [0.1, 0.15) is 11.5 Å². The van der Waals surface area contributed by atoms with Gasteiger partial charge in [-0.2, -0.15) is 0 Å². The Morgan fingerprint density at radius 3 is 2.17 bits per heavy atom. The van der Waals surface area contributed by atoms with E-state index in [9.17, 15) is 23.1 Å². The molecule has 0 fully saturated rings. The molecule has 1 aromatic carbocycles. The lowest BCUT2D eigenvalue weighted by molar-refractivity contribution is -0.274. The van der Waals surface area contributed by atoms with Crippen LogP contribution in [-0.4, -0.2) is 23.2 Å². The van der Waals surface area contributed by atoms with Crippen LogP contribution in [0.25, 0.3) is 0 Å². The minimum absolute atomic E-state index is 0.0263. The maximum Gasteiger partial charge on any atom is 0.573 e. The van der Waals surface area contributed by atoms with E-state index in [1.165, 1.54) is 0 Å². The van der Waals surface area contributed by atoms with Gasteiger partial charge in [0.25, 0.3) is 5.72 Å². The summed E-state index contributed by atoms with van der Waals surface area (Å²) in [6, 6.07) is 4.20. The number of nitrogens with one attached hydrogen (secondary N) is 1. The molecule has 1 heterocycles. The molecule has 0 saturated heterocycles. The van der Waals surface area contributed by atoms with E-state index in [2.05, 4.69) is 10.1 Å². The number of rotatable bonds is 4.